The van der Waals surface area contributed by atoms with Gasteiger partial charge in [0.15, 0.2) is 12.4 Å². The van der Waals surface area contributed by atoms with Gasteiger partial charge in [0.2, 0.25) is 5.91 Å². The Kier molecular flexibility index (Phi) is 7.03. The number of carbonyl (C=O) groups excluding carboxylic acids is 2. The number of hydrogen-bond acceptors (Lipinski definition) is 7. The van der Waals surface area contributed by atoms with Crippen LogP contribution in [0.2, 0.25) is 0 Å². The maximum atomic E-state index is 11.7. The molecule has 0 bridgehead atoms. The lowest BCUT2D eigenvalue weighted by Gasteiger charge is -2.41. The van der Waals surface area contributed by atoms with Crippen molar-refractivity contribution >= 4 is 11.9 Å². The van der Waals surface area contributed by atoms with E-state index in [1.807, 2.05) is 6.92 Å². The van der Waals surface area contributed by atoms with Gasteiger partial charge in [0.1, 0.15) is 18.2 Å². The average Bonchev–Trinajstić information content (AvgIpc) is 2.43. The van der Waals surface area contributed by atoms with Crippen LogP contribution in [-0.2, 0) is 19.1 Å². The first-order chi connectivity index (χ1) is 9.90. The van der Waals surface area contributed by atoms with Crippen LogP contribution in [0.3, 0.4) is 0 Å². The van der Waals surface area contributed by atoms with Gasteiger partial charge < -0.3 is 30.1 Å². The van der Waals surface area contributed by atoms with Crippen molar-refractivity contribution in [3.63, 3.8) is 0 Å². The van der Waals surface area contributed by atoms with Crippen molar-refractivity contribution in [3.8, 4) is 0 Å². The van der Waals surface area contributed by atoms with Gasteiger partial charge in [-0.15, -0.1) is 0 Å². The van der Waals surface area contributed by atoms with Gasteiger partial charge in [0, 0.05) is 13.3 Å². The van der Waals surface area contributed by atoms with E-state index in [-0.39, 0.29) is 6.42 Å². The van der Waals surface area contributed by atoms with E-state index >= 15 is 0 Å². The molecule has 0 saturated carbocycles. The Morgan fingerprint density at radius 2 is 2.00 bits per heavy atom. The first-order valence-corrected chi connectivity index (χ1v) is 6.99. The highest BCUT2D eigenvalue weighted by Gasteiger charge is 2.47. The minimum Gasteiger partial charge on any atom is -0.457 e. The number of aliphatic hydroxyl groups is 3. The molecule has 0 spiro atoms. The fourth-order valence-electron chi connectivity index (χ4n) is 2.14. The molecule has 0 radical (unpaired) electrons. The lowest BCUT2D eigenvalue weighted by Crippen LogP contribution is -2.65. The van der Waals surface area contributed by atoms with Crippen molar-refractivity contribution in [1.29, 1.82) is 0 Å². The van der Waals surface area contributed by atoms with E-state index < -0.39 is 49.1 Å². The SMILES string of the molecule is CCCCC(=O)O[C@H]1[C@H](O)[C@@H](CO)O[C@@H](O)[C@H]1NC(C)=O. The summed E-state index contributed by atoms with van der Waals surface area (Å²) in [6.45, 7) is 2.60. The molecule has 21 heavy (non-hydrogen) atoms. The van der Waals surface area contributed by atoms with Gasteiger partial charge in [-0.1, -0.05) is 13.3 Å². The fourth-order valence-corrected chi connectivity index (χ4v) is 2.14. The molecule has 0 aromatic carbocycles. The normalized spacial score (nSPS) is 32.5. The number of unbranched alkanes of at least 4 members (excludes halogenated alkanes) is 1. The Balaban J connectivity index is 2.82. The minimum absolute atomic E-state index is 0.174. The molecule has 1 rings (SSSR count). The van der Waals surface area contributed by atoms with Gasteiger partial charge in [-0.3, -0.25) is 9.59 Å². The molecular weight excluding hydrogens is 282 g/mol. The molecule has 4 N–H and O–H groups in total. The smallest absolute Gasteiger partial charge is 0.306 e. The maximum absolute atomic E-state index is 11.7. The third-order valence-electron chi connectivity index (χ3n) is 3.24. The van der Waals surface area contributed by atoms with Crippen LogP contribution in [0, 0.1) is 0 Å². The average molecular weight is 305 g/mol. The van der Waals surface area contributed by atoms with Crippen molar-refractivity contribution in [2.75, 3.05) is 6.61 Å². The zero-order valence-electron chi connectivity index (χ0n) is 12.2. The summed E-state index contributed by atoms with van der Waals surface area (Å²) < 4.78 is 10.2. The van der Waals surface area contributed by atoms with Crippen LogP contribution >= 0.6 is 0 Å². The first-order valence-electron chi connectivity index (χ1n) is 6.99. The minimum atomic E-state index is -1.49. The Morgan fingerprint density at radius 3 is 2.52 bits per heavy atom. The summed E-state index contributed by atoms with van der Waals surface area (Å²) in [5.41, 5.74) is 0. The summed E-state index contributed by atoms with van der Waals surface area (Å²) in [5, 5.41) is 31.4. The quantitative estimate of drug-likeness (QED) is 0.448. The number of rotatable bonds is 6. The van der Waals surface area contributed by atoms with Crippen LogP contribution in [0.25, 0.3) is 0 Å². The Morgan fingerprint density at radius 1 is 1.33 bits per heavy atom. The standard InChI is InChI=1S/C13H23NO7/c1-3-4-5-9(17)21-12-10(14-7(2)16)13(19)20-8(6-15)11(12)18/h8,10-13,15,18-19H,3-6H2,1-2H3,(H,14,16)/t8-,10+,11-,12-,13-/m1/s1. The number of esters is 1. The number of aliphatic hydroxyl groups excluding tert-OH is 3. The predicted octanol–water partition coefficient (Wildman–Crippen LogP) is -1.34. The van der Waals surface area contributed by atoms with Gasteiger partial charge in [-0.05, 0) is 6.42 Å². The zero-order valence-corrected chi connectivity index (χ0v) is 12.2. The van der Waals surface area contributed by atoms with Crippen molar-refractivity contribution in [3.05, 3.63) is 0 Å². The van der Waals surface area contributed by atoms with Crippen molar-refractivity contribution in [1.82, 2.24) is 5.32 Å². The fraction of sp³-hybridized carbons (Fsp3) is 0.846. The third kappa shape index (κ3) is 4.92. The third-order valence-corrected chi connectivity index (χ3v) is 3.24. The second-order valence-corrected chi connectivity index (χ2v) is 5.02. The Hall–Kier alpha value is -1.22. The molecule has 0 aromatic rings. The monoisotopic (exact) mass is 305 g/mol. The van der Waals surface area contributed by atoms with Crippen LogP contribution in [0.5, 0.6) is 0 Å². The largest absolute Gasteiger partial charge is 0.457 e. The van der Waals surface area contributed by atoms with Crippen LogP contribution in [0.1, 0.15) is 33.1 Å². The summed E-state index contributed by atoms with van der Waals surface area (Å²) in [4.78, 5) is 22.9. The molecule has 1 heterocycles. The summed E-state index contributed by atoms with van der Waals surface area (Å²) in [7, 11) is 0. The lowest BCUT2D eigenvalue weighted by atomic mass is 9.96. The molecule has 8 nitrogen and oxygen atoms in total. The van der Waals surface area contributed by atoms with Crippen LogP contribution in [0.4, 0.5) is 0 Å². The Labute approximate surface area is 123 Å². The number of amides is 1. The lowest BCUT2D eigenvalue weighted by molar-refractivity contribution is -0.258. The Bertz CT molecular complexity index is 362. The number of hydrogen-bond donors (Lipinski definition) is 4. The molecule has 0 aliphatic carbocycles. The number of carbonyl (C=O) groups is 2. The van der Waals surface area contributed by atoms with Gasteiger partial charge >= 0.3 is 5.97 Å². The molecule has 5 atom stereocenters. The molecule has 1 saturated heterocycles. The van der Waals surface area contributed by atoms with Gasteiger partial charge in [-0.25, -0.2) is 0 Å². The summed E-state index contributed by atoms with van der Waals surface area (Å²) in [6, 6.07) is -1.09. The molecule has 1 amide bonds. The van der Waals surface area contributed by atoms with E-state index in [1.54, 1.807) is 0 Å². The van der Waals surface area contributed by atoms with Gasteiger partial charge in [-0.2, -0.15) is 0 Å². The molecule has 1 fully saturated rings. The number of nitrogens with one attached hydrogen (secondary N) is 1. The van der Waals surface area contributed by atoms with Crippen LogP contribution in [0.15, 0.2) is 0 Å². The maximum Gasteiger partial charge on any atom is 0.306 e. The van der Waals surface area contributed by atoms with E-state index in [1.165, 1.54) is 6.92 Å². The summed E-state index contributed by atoms with van der Waals surface area (Å²) >= 11 is 0. The highest BCUT2D eigenvalue weighted by atomic mass is 16.6. The zero-order chi connectivity index (χ0) is 16.0. The highest BCUT2D eigenvalue weighted by Crippen LogP contribution is 2.23. The van der Waals surface area contributed by atoms with E-state index in [0.717, 1.165) is 6.42 Å². The summed E-state index contributed by atoms with van der Waals surface area (Å²) in [6.07, 6.45) is -3.49. The molecule has 0 aromatic heterocycles. The molecule has 1 aliphatic rings. The van der Waals surface area contributed by atoms with Crippen LogP contribution in [-0.4, -0.2) is 64.4 Å². The van der Waals surface area contributed by atoms with E-state index in [9.17, 15) is 19.8 Å². The number of ether oxygens (including phenoxy) is 2. The van der Waals surface area contributed by atoms with Crippen molar-refractivity contribution in [2.24, 2.45) is 0 Å². The second-order valence-electron chi connectivity index (χ2n) is 5.02. The predicted molar refractivity (Wildman–Crippen MR) is 71.0 cm³/mol. The second kappa shape index (κ2) is 8.28. The van der Waals surface area contributed by atoms with E-state index in [0.29, 0.717) is 6.42 Å². The van der Waals surface area contributed by atoms with E-state index in [4.69, 9.17) is 14.6 Å². The first kappa shape index (κ1) is 17.8. The van der Waals surface area contributed by atoms with E-state index in [2.05, 4.69) is 5.32 Å². The molecular formula is C13H23NO7. The highest BCUT2D eigenvalue weighted by molar-refractivity contribution is 5.73. The summed E-state index contributed by atoms with van der Waals surface area (Å²) in [5.74, 6) is -1.01. The molecule has 122 valence electrons. The van der Waals surface area contributed by atoms with Crippen molar-refractivity contribution in [2.45, 2.75) is 63.8 Å². The van der Waals surface area contributed by atoms with Gasteiger partial charge in [0.25, 0.3) is 0 Å². The van der Waals surface area contributed by atoms with Crippen LogP contribution < -0.4 is 5.32 Å². The molecule has 8 heteroatoms. The van der Waals surface area contributed by atoms with Crippen molar-refractivity contribution < 1.29 is 34.4 Å². The molecule has 1 aliphatic heterocycles. The van der Waals surface area contributed by atoms with Gasteiger partial charge in [0.05, 0.1) is 6.61 Å². The molecule has 0 unspecified atom stereocenters. The topological polar surface area (TPSA) is 125 Å².